The number of allylic oxidation sites excluding steroid dienone is 2. The lowest BCUT2D eigenvalue weighted by atomic mass is 10.1. The van der Waals surface area contributed by atoms with Gasteiger partial charge in [0.25, 0.3) is 0 Å². The van der Waals surface area contributed by atoms with Crippen molar-refractivity contribution >= 4 is 17.5 Å². The number of methoxy groups -OCH3 is 1. The first-order chi connectivity index (χ1) is 13.5. The minimum atomic E-state index is -0.447. The van der Waals surface area contributed by atoms with Crippen molar-refractivity contribution in [2.45, 2.75) is 6.92 Å². The van der Waals surface area contributed by atoms with Crippen LogP contribution in [-0.2, 0) is 9.53 Å². The van der Waals surface area contributed by atoms with Crippen molar-refractivity contribution in [1.29, 1.82) is 0 Å². The van der Waals surface area contributed by atoms with Crippen molar-refractivity contribution in [3.63, 3.8) is 0 Å². The summed E-state index contributed by atoms with van der Waals surface area (Å²) in [6.07, 6.45) is 2.45. The Hall–Kier alpha value is -3.80. The Labute approximate surface area is 162 Å². The van der Waals surface area contributed by atoms with Crippen molar-refractivity contribution in [2.24, 2.45) is 0 Å². The summed E-state index contributed by atoms with van der Waals surface area (Å²) < 4.78 is 6.20. The maximum absolute atomic E-state index is 12.6. The van der Waals surface area contributed by atoms with Crippen LogP contribution in [0.4, 0.5) is 0 Å². The fourth-order valence-electron chi connectivity index (χ4n) is 2.64. The second kappa shape index (κ2) is 8.26. The summed E-state index contributed by atoms with van der Waals surface area (Å²) in [5.41, 5.74) is 2.79. The van der Waals surface area contributed by atoms with E-state index in [1.807, 2.05) is 30.3 Å². The third-order valence-electron chi connectivity index (χ3n) is 4.03. The largest absolute Gasteiger partial charge is 0.465 e. The van der Waals surface area contributed by atoms with Crippen LogP contribution in [0.5, 0.6) is 0 Å². The molecule has 0 spiro atoms. The van der Waals surface area contributed by atoms with Crippen molar-refractivity contribution in [1.82, 2.24) is 9.78 Å². The number of hydrogen-bond donors (Lipinski definition) is 0. The third-order valence-corrected chi connectivity index (χ3v) is 4.03. The van der Waals surface area contributed by atoms with Crippen LogP contribution in [-0.4, -0.2) is 34.4 Å². The van der Waals surface area contributed by atoms with E-state index in [2.05, 4.69) is 5.10 Å². The Morgan fingerprint density at radius 1 is 0.964 bits per heavy atom. The Morgan fingerprint density at radius 2 is 1.64 bits per heavy atom. The molecule has 0 fully saturated rings. The van der Waals surface area contributed by atoms with Crippen molar-refractivity contribution in [2.75, 3.05) is 7.11 Å². The molecule has 0 bridgehead atoms. The molecule has 6 heteroatoms. The van der Waals surface area contributed by atoms with E-state index in [-0.39, 0.29) is 11.6 Å². The highest BCUT2D eigenvalue weighted by Crippen LogP contribution is 2.22. The minimum Gasteiger partial charge on any atom is -0.465 e. The maximum Gasteiger partial charge on any atom is 0.337 e. The molecule has 0 aliphatic heterocycles. The highest BCUT2D eigenvalue weighted by molar-refractivity contribution is 6.07. The van der Waals surface area contributed by atoms with E-state index >= 15 is 0 Å². The average Bonchev–Trinajstić information content (AvgIpc) is 3.17. The molecular formula is C22H18N2O4. The monoisotopic (exact) mass is 374 g/mol. The first kappa shape index (κ1) is 19.0. The van der Waals surface area contributed by atoms with Crippen LogP contribution in [0.1, 0.15) is 27.8 Å². The van der Waals surface area contributed by atoms with Crippen molar-refractivity contribution < 1.29 is 19.1 Å². The maximum atomic E-state index is 12.6. The van der Waals surface area contributed by atoms with E-state index in [4.69, 9.17) is 4.74 Å². The minimum absolute atomic E-state index is 0.217. The third kappa shape index (κ3) is 4.12. The summed E-state index contributed by atoms with van der Waals surface area (Å²) in [5.74, 6) is -1.01. The highest BCUT2D eigenvalue weighted by Gasteiger charge is 2.16. The Balaban J connectivity index is 2.07. The van der Waals surface area contributed by atoms with Gasteiger partial charge in [-0.25, -0.2) is 9.48 Å². The number of rotatable bonds is 6. The van der Waals surface area contributed by atoms with E-state index in [0.717, 1.165) is 5.56 Å². The quantitative estimate of drug-likeness (QED) is 0.374. The van der Waals surface area contributed by atoms with Gasteiger partial charge in [0.2, 0.25) is 5.78 Å². The zero-order chi connectivity index (χ0) is 20.1. The molecule has 0 atom stereocenters. The predicted molar refractivity (Wildman–Crippen MR) is 104 cm³/mol. The molecule has 3 rings (SSSR count). The number of ether oxygens (including phenoxy) is 1. The van der Waals surface area contributed by atoms with Gasteiger partial charge in [-0.2, -0.15) is 5.10 Å². The van der Waals surface area contributed by atoms with Gasteiger partial charge in [-0.1, -0.05) is 30.3 Å². The van der Waals surface area contributed by atoms with E-state index < -0.39 is 5.97 Å². The summed E-state index contributed by atoms with van der Waals surface area (Å²) in [7, 11) is 1.31. The summed E-state index contributed by atoms with van der Waals surface area (Å²) in [4.78, 5) is 35.5. The molecule has 6 nitrogen and oxygen atoms in total. The molecule has 0 amide bonds. The number of ketones is 2. The zero-order valence-electron chi connectivity index (χ0n) is 15.5. The summed E-state index contributed by atoms with van der Waals surface area (Å²) >= 11 is 0. The van der Waals surface area contributed by atoms with Crippen LogP contribution in [0.3, 0.4) is 0 Å². The number of benzene rings is 2. The molecule has 1 aromatic heterocycles. The summed E-state index contributed by atoms with van der Waals surface area (Å²) in [6, 6.07) is 17.7. The van der Waals surface area contributed by atoms with Gasteiger partial charge in [-0.3, -0.25) is 9.59 Å². The fourth-order valence-corrected chi connectivity index (χ4v) is 2.64. The molecule has 3 aromatic rings. The molecule has 0 N–H and O–H groups in total. The van der Waals surface area contributed by atoms with Gasteiger partial charge in [0, 0.05) is 5.56 Å². The number of esters is 1. The van der Waals surface area contributed by atoms with Crippen molar-refractivity contribution in [3.8, 4) is 16.9 Å². The summed E-state index contributed by atoms with van der Waals surface area (Å²) in [6.45, 7) is 1.38. The van der Waals surface area contributed by atoms with Crippen molar-refractivity contribution in [3.05, 3.63) is 84.1 Å². The van der Waals surface area contributed by atoms with Gasteiger partial charge < -0.3 is 4.74 Å². The topological polar surface area (TPSA) is 78.3 Å². The van der Waals surface area contributed by atoms with E-state index in [1.165, 1.54) is 30.9 Å². The van der Waals surface area contributed by atoms with Gasteiger partial charge in [0.1, 0.15) is 5.69 Å². The second-order valence-corrected chi connectivity index (χ2v) is 6.04. The molecule has 0 radical (unpaired) electrons. The first-order valence-electron chi connectivity index (χ1n) is 8.57. The SMILES string of the molecule is COC(=O)c1ccc(-n2nc(-c3ccccc3)cc2C(=O)/C=C\C(C)=O)cc1. The van der Waals surface area contributed by atoms with Gasteiger partial charge in [0.05, 0.1) is 24.1 Å². The molecular weight excluding hydrogens is 356 g/mol. The molecule has 0 unspecified atom stereocenters. The van der Waals surface area contributed by atoms with Gasteiger partial charge in [-0.15, -0.1) is 0 Å². The van der Waals surface area contributed by atoms with Gasteiger partial charge in [0.15, 0.2) is 5.78 Å². The molecule has 0 aliphatic rings. The zero-order valence-corrected chi connectivity index (χ0v) is 15.5. The first-order valence-corrected chi connectivity index (χ1v) is 8.57. The lowest BCUT2D eigenvalue weighted by molar-refractivity contribution is -0.112. The Morgan fingerprint density at radius 3 is 2.25 bits per heavy atom. The van der Waals surface area contributed by atoms with E-state index in [1.54, 1.807) is 30.3 Å². The fraction of sp³-hybridized carbons (Fsp3) is 0.0909. The molecule has 0 saturated heterocycles. The van der Waals surface area contributed by atoms with Crippen LogP contribution in [0.2, 0.25) is 0 Å². The lowest BCUT2D eigenvalue weighted by Crippen LogP contribution is -2.08. The normalized spacial score (nSPS) is 10.8. The molecule has 0 saturated carbocycles. The predicted octanol–water partition coefficient (Wildman–Crippen LogP) is 3.65. The number of aromatic nitrogens is 2. The molecule has 1 heterocycles. The van der Waals surface area contributed by atoms with Crippen LogP contribution < -0.4 is 0 Å². The Bertz CT molecular complexity index is 1050. The second-order valence-electron chi connectivity index (χ2n) is 6.04. The van der Waals surface area contributed by atoms with Gasteiger partial charge >= 0.3 is 5.97 Å². The molecule has 0 aliphatic carbocycles. The molecule has 2 aromatic carbocycles. The summed E-state index contributed by atoms with van der Waals surface area (Å²) in [5, 5.41) is 4.55. The van der Waals surface area contributed by atoms with E-state index in [9.17, 15) is 14.4 Å². The van der Waals surface area contributed by atoms with Crippen LogP contribution in [0, 0.1) is 0 Å². The van der Waals surface area contributed by atoms with Crippen LogP contribution in [0.15, 0.2) is 72.8 Å². The number of hydrogen-bond acceptors (Lipinski definition) is 5. The van der Waals surface area contributed by atoms with Crippen LogP contribution in [0.25, 0.3) is 16.9 Å². The van der Waals surface area contributed by atoms with Gasteiger partial charge in [-0.05, 0) is 49.4 Å². The number of carbonyl (C=O) groups excluding carboxylic acids is 3. The highest BCUT2D eigenvalue weighted by atomic mass is 16.5. The molecule has 28 heavy (non-hydrogen) atoms. The average molecular weight is 374 g/mol. The van der Waals surface area contributed by atoms with Crippen LogP contribution >= 0.6 is 0 Å². The van der Waals surface area contributed by atoms with E-state index in [0.29, 0.717) is 22.6 Å². The Kier molecular flexibility index (Phi) is 5.60. The lowest BCUT2D eigenvalue weighted by Gasteiger charge is -2.06. The number of carbonyl (C=O) groups is 3. The standard InChI is InChI=1S/C22H18N2O4/c1-15(25)8-13-21(26)20-14-19(16-6-4-3-5-7-16)23-24(20)18-11-9-17(10-12-18)22(27)28-2/h3-14H,1-2H3/b13-8-. The number of nitrogens with zero attached hydrogens (tertiary/aromatic N) is 2. The molecule has 140 valence electrons. The smallest absolute Gasteiger partial charge is 0.337 e.